The highest BCUT2D eigenvalue weighted by molar-refractivity contribution is 7.90. The zero-order chi connectivity index (χ0) is 21.2. The second-order valence-corrected chi connectivity index (χ2v) is 11.7. The number of amides is 3. The molecule has 3 heterocycles. The molecule has 1 unspecified atom stereocenters. The molecule has 0 N–H and O–H groups in total. The number of sulfonamides is 1. The third kappa shape index (κ3) is 1.96. The first-order valence-corrected chi connectivity index (χ1v) is 12.0. The van der Waals surface area contributed by atoms with Crippen molar-refractivity contribution >= 4 is 27.7 Å². The van der Waals surface area contributed by atoms with Crippen molar-refractivity contribution in [2.24, 2.45) is 16.7 Å². The van der Waals surface area contributed by atoms with Crippen LogP contribution in [0.15, 0.2) is 24.3 Å². The van der Waals surface area contributed by atoms with Crippen LogP contribution in [0.5, 0.6) is 0 Å². The number of hydrogen-bond acceptors (Lipinski definition) is 6. The summed E-state index contributed by atoms with van der Waals surface area (Å²) in [6, 6.07) is 5.44. The number of carbonyl (C=O) groups excluding carboxylic acids is 3. The summed E-state index contributed by atoms with van der Waals surface area (Å²) in [7, 11) is -3.72. The molecule has 9 heteroatoms. The molecule has 5 atom stereocenters. The highest BCUT2D eigenvalue weighted by Crippen LogP contribution is 2.70. The van der Waals surface area contributed by atoms with Gasteiger partial charge in [0.1, 0.15) is 6.04 Å². The SMILES string of the molecule is CC1(C)[C@@H]2CC[C@]13CS(=O)(=O)N(C(=O)[C@@H]1CN1N1C(=O)c4ccccc4C1=O)[C@@H]3C2. The van der Waals surface area contributed by atoms with Crippen molar-refractivity contribution in [3.63, 3.8) is 0 Å². The van der Waals surface area contributed by atoms with Crippen molar-refractivity contribution in [3.05, 3.63) is 35.4 Å². The Morgan fingerprint density at radius 1 is 1.10 bits per heavy atom. The molecule has 0 aromatic heterocycles. The summed E-state index contributed by atoms with van der Waals surface area (Å²) in [5.74, 6) is -1.00. The van der Waals surface area contributed by atoms with E-state index in [9.17, 15) is 22.8 Å². The summed E-state index contributed by atoms with van der Waals surface area (Å²) < 4.78 is 27.3. The van der Waals surface area contributed by atoms with Crippen LogP contribution in [0.1, 0.15) is 53.8 Å². The molecule has 5 aliphatic rings. The number of imide groups is 1. The van der Waals surface area contributed by atoms with Crippen molar-refractivity contribution < 1.29 is 22.8 Å². The minimum atomic E-state index is -3.72. The van der Waals surface area contributed by atoms with Crippen molar-refractivity contribution in [3.8, 4) is 0 Å². The van der Waals surface area contributed by atoms with E-state index in [0.717, 1.165) is 22.2 Å². The van der Waals surface area contributed by atoms with Crippen molar-refractivity contribution in [1.82, 2.24) is 14.3 Å². The Bertz CT molecular complexity index is 1110. The third-order valence-electron chi connectivity index (χ3n) is 8.53. The minimum Gasteiger partial charge on any atom is -0.272 e. The average molecular weight is 429 g/mol. The van der Waals surface area contributed by atoms with Gasteiger partial charge in [0, 0.05) is 12.0 Å². The maximum absolute atomic E-state index is 13.4. The lowest BCUT2D eigenvalue weighted by Crippen LogP contribution is -2.47. The molecule has 2 bridgehead atoms. The van der Waals surface area contributed by atoms with E-state index in [1.54, 1.807) is 24.3 Å². The van der Waals surface area contributed by atoms with Crippen LogP contribution in [0, 0.1) is 16.7 Å². The van der Waals surface area contributed by atoms with Gasteiger partial charge >= 0.3 is 0 Å². The second kappa shape index (κ2) is 5.31. The number of carbonyl (C=O) groups is 3. The zero-order valence-electron chi connectivity index (χ0n) is 16.9. The van der Waals surface area contributed by atoms with Gasteiger partial charge in [-0.15, -0.1) is 0 Å². The molecular weight excluding hydrogens is 406 g/mol. The summed E-state index contributed by atoms with van der Waals surface area (Å²) in [4.78, 5) is 38.8. The van der Waals surface area contributed by atoms with E-state index in [2.05, 4.69) is 13.8 Å². The van der Waals surface area contributed by atoms with Crippen molar-refractivity contribution in [2.45, 2.75) is 45.2 Å². The fourth-order valence-corrected chi connectivity index (χ4v) is 9.26. The summed E-state index contributed by atoms with van der Waals surface area (Å²) >= 11 is 0. The quantitative estimate of drug-likeness (QED) is 0.519. The van der Waals surface area contributed by atoms with E-state index in [4.69, 9.17) is 0 Å². The van der Waals surface area contributed by atoms with E-state index in [-0.39, 0.29) is 29.2 Å². The van der Waals surface area contributed by atoms with Gasteiger partial charge in [0.25, 0.3) is 17.7 Å². The first-order valence-electron chi connectivity index (χ1n) is 10.4. The van der Waals surface area contributed by atoms with E-state index >= 15 is 0 Å². The summed E-state index contributed by atoms with van der Waals surface area (Å²) in [5.41, 5.74) is 0.110. The Morgan fingerprint density at radius 3 is 2.33 bits per heavy atom. The summed E-state index contributed by atoms with van der Waals surface area (Å²) in [6.45, 7) is 4.44. The number of fused-ring (bicyclic) bond motifs is 2. The van der Waals surface area contributed by atoms with Crippen LogP contribution in [-0.4, -0.2) is 64.8 Å². The van der Waals surface area contributed by atoms with Gasteiger partial charge in [-0.1, -0.05) is 26.0 Å². The Balaban J connectivity index is 1.29. The normalized spacial score (nSPS) is 39.4. The average Bonchev–Trinajstić information content (AvgIpc) is 3.25. The van der Waals surface area contributed by atoms with Crippen LogP contribution in [0.2, 0.25) is 0 Å². The van der Waals surface area contributed by atoms with E-state index < -0.39 is 33.8 Å². The second-order valence-electron chi connectivity index (χ2n) is 9.86. The van der Waals surface area contributed by atoms with Gasteiger partial charge in [0.2, 0.25) is 10.0 Å². The van der Waals surface area contributed by atoms with E-state index in [1.165, 1.54) is 5.01 Å². The summed E-state index contributed by atoms with van der Waals surface area (Å²) in [5, 5.41) is 2.39. The maximum Gasteiger partial charge on any atom is 0.276 e. The van der Waals surface area contributed by atoms with Crippen LogP contribution < -0.4 is 0 Å². The molecule has 8 nitrogen and oxygen atoms in total. The topological polar surface area (TPSA) is 94.8 Å². The molecule has 0 radical (unpaired) electrons. The molecule has 3 aliphatic heterocycles. The van der Waals surface area contributed by atoms with Crippen LogP contribution in [0.25, 0.3) is 0 Å². The first-order chi connectivity index (χ1) is 14.1. The van der Waals surface area contributed by atoms with Gasteiger partial charge in [-0.05, 0) is 42.7 Å². The largest absolute Gasteiger partial charge is 0.276 e. The first kappa shape index (κ1) is 18.5. The molecule has 6 rings (SSSR count). The Kier molecular flexibility index (Phi) is 3.28. The molecule has 3 amide bonds. The number of hydrazine groups is 1. The fraction of sp³-hybridized carbons (Fsp3) is 0.571. The lowest BCUT2D eigenvalue weighted by atomic mass is 9.69. The lowest BCUT2D eigenvalue weighted by Gasteiger charge is -2.37. The van der Waals surface area contributed by atoms with Crippen LogP contribution >= 0.6 is 0 Å². The molecule has 2 saturated carbocycles. The molecule has 2 saturated heterocycles. The van der Waals surface area contributed by atoms with Crippen LogP contribution in [0.4, 0.5) is 0 Å². The number of benzene rings is 1. The van der Waals surface area contributed by atoms with Gasteiger partial charge < -0.3 is 0 Å². The molecule has 1 aromatic rings. The predicted molar refractivity (Wildman–Crippen MR) is 105 cm³/mol. The highest BCUT2D eigenvalue weighted by atomic mass is 32.2. The van der Waals surface area contributed by atoms with Gasteiger partial charge in [-0.25, -0.2) is 17.7 Å². The smallest absolute Gasteiger partial charge is 0.272 e. The van der Waals surface area contributed by atoms with Crippen LogP contribution in [0.3, 0.4) is 0 Å². The van der Waals surface area contributed by atoms with Gasteiger partial charge in [-0.2, -0.15) is 5.01 Å². The highest BCUT2D eigenvalue weighted by Gasteiger charge is 2.73. The van der Waals surface area contributed by atoms with Gasteiger partial charge in [0.05, 0.1) is 22.9 Å². The molecule has 1 aromatic carbocycles. The molecule has 1 spiro atoms. The lowest BCUT2D eigenvalue weighted by molar-refractivity contribution is -0.130. The minimum absolute atomic E-state index is 0.0135. The Morgan fingerprint density at radius 2 is 1.73 bits per heavy atom. The Labute approximate surface area is 174 Å². The number of rotatable bonds is 2. The molecule has 30 heavy (non-hydrogen) atoms. The maximum atomic E-state index is 13.4. The molecular formula is C21H23N3O5S. The fourth-order valence-electron chi connectivity index (χ4n) is 6.69. The molecule has 158 valence electrons. The summed E-state index contributed by atoms with van der Waals surface area (Å²) in [6.07, 6.45) is 2.54. The monoisotopic (exact) mass is 429 g/mol. The van der Waals surface area contributed by atoms with Crippen LogP contribution in [-0.2, 0) is 14.8 Å². The molecule has 2 aliphatic carbocycles. The van der Waals surface area contributed by atoms with E-state index in [1.807, 2.05) is 0 Å². The van der Waals surface area contributed by atoms with E-state index in [0.29, 0.717) is 23.5 Å². The van der Waals surface area contributed by atoms with Gasteiger partial charge in [-0.3, -0.25) is 14.4 Å². The van der Waals surface area contributed by atoms with Gasteiger partial charge in [0.15, 0.2) is 0 Å². The van der Waals surface area contributed by atoms with Crippen molar-refractivity contribution in [2.75, 3.05) is 12.3 Å². The number of hydrogen-bond donors (Lipinski definition) is 0. The standard InChI is InChI=1S/C21H23N3O5S/c1-20(2)12-7-8-21(20)11-30(28,29)24(16(21)9-12)19(27)15-10-22(15)23-17(25)13-5-3-4-6-14(13)18(23)26/h3-6,12,15-16H,7-11H2,1-2H3/t12-,15+,16-,21-,22?/m1/s1. The third-order valence-corrected chi connectivity index (χ3v) is 10.4. The number of nitrogens with zero attached hydrogens (tertiary/aromatic N) is 3. The van der Waals surface area contributed by atoms with Crippen molar-refractivity contribution in [1.29, 1.82) is 0 Å². The zero-order valence-corrected chi connectivity index (χ0v) is 17.7. The predicted octanol–water partition coefficient (Wildman–Crippen LogP) is 1.25. The molecule has 4 fully saturated rings. The Hall–Kier alpha value is -2.26.